The Kier molecular flexibility index (Phi) is 5.75. The lowest BCUT2D eigenvalue weighted by atomic mass is 10.2. The molecular formula is C19H21NO7. The Morgan fingerprint density at radius 3 is 2.26 bits per heavy atom. The molecular weight excluding hydrogens is 354 g/mol. The second kappa shape index (κ2) is 8.39. The minimum atomic E-state index is -0.334. The summed E-state index contributed by atoms with van der Waals surface area (Å²) in [5, 5.41) is 2.74. The van der Waals surface area contributed by atoms with Crippen LogP contribution in [0.3, 0.4) is 0 Å². The number of fused-ring (bicyclic) bond motifs is 1. The number of nitrogens with one attached hydrogen (secondary N) is 1. The zero-order valence-corrected chi connectivity index (χ0v) is 15.4. The van der Waals surface area contributed by atoms with Crippen molar-refractivity contribution in [3.8, 4) is 34.5 Å². The number of ether oxygens (including phenoxy) is 6. The van der Waals surface area contributed by atoms with E-state index in [1.807, 2.05) is 0 Å². The van der Waals surface area contributed by atoms with Crippen molar-refractivity contribution in [2.24, 2.45) is 0 Å². The summed E-state index contributed by atoms with van der Waals surface area (Å²) in [5.41, 5.74) is 0.500. The van der Waals surface area contributed by atoms with Crippen LogP contribution in [0.1, 0.15) is 0 Å². The van der Waals surface area contributed by atoms with Gasteiger partial charge in [0, 0.05) is 23.9 Å². The van der Waals surface area contributed by atoms with Crippen molar-refractivity contribution in [3.63, 3.8) is 0 Å². The predicted molar refractivity (Wildman–Crippen MR) is 97.7 cm³/mol. The van der Waals surface area contributed by atoms with E-state index in [2.05, 4.69) is 5.32 Å². The topological polar surface area (TPSA) is 84.5 Å². The van der Waals surface area contributed by atoms with Gasteiger partial charge < -0.3 is 33.7 Å². The van der Waals surface area contributed by atoms with Crippen molar-refractivity contribution in [3.05, 3.63) is 30.3 Å². The van der Waals surface area contributed by atoms with Crippen molar-refractivity contribution >= 4 is 11.6 Å². The number of benzene rings is 2. The van der Waals surface area contributed by atoms with Gasteiger partial charge >= 0.3 is 0 Å². The second-order valence-corrected chi connectivity index (χ2v) is 5.56. The first-order valence-corrected chi connectivity index (χ1v) is 8.27. The summed E-state index contributed by atoms with van der Waals surface area (Å²) in [6.07, 6.45) is 0. The molecule has 0 saturated carbocycles. The molecule has 2 aromatic carbocycles. The molecule has 0 radical (unpaired) electrons. The van der Waals surface area contributed by atoms with Gasteiger partial charge in [0.25, 0.3) is 5.91 Å². The molecule has 8 nitrogen and oxygen atoms in total. The number of amides is 1. The molecule has 0 fully saturated rings. The maximum atomic E-state index is 12.2. The van der Waals surface area contributed by atoms with Crippen LogP contribution in [-0.2, 0) is 4.79 Å². The van der Waals surface area contributed by atoms with Crippen LogP contribution in [0.25, 0.3) is 0 Å². The van der Waals surface area contributed by atoms with Crippen LogP contribution in [0.5, 0.6) is 34.5 Å². The number of anilines is 1. The Hall–Kier alpha value is -3.29. The van der Waals surface area contributed by atoms with Crippen LogP contribution in [0.4, 0.5) is 5.69 Å². The molecule has 0 atom stereocenters. The van der Waals surface area contributed by atoms with Gasteiger partial charge in [-0.2, -0.15) is 0 Å². The zero-order valence-electron chi connectivity index (χ0n) is 15.4. The summed E-state index contributed by atoms with van der Waals surface area (Å²) in [6, 6.07) is 8.45. The number of hydrogen-bond acceptors (Lipinski definition) is 7. The fourth-order valence-corrected chi connectivity index (χ4v) is 2.61. The van der Waals surface area contributed by atoms with Crippen molar-refractivity contribution in [1.82, 2.24) is 0 Å². The third kappa shape index (κ3) is 4.28. The normalized spacial score (nSPS) is 12.1. The summed E-state index contributed by atoms with van der Waals surface area (Å²) in [6.45, 7) is 0.832. The van der Waals surface area contributed by atoms with Gasteiger partial charge in [-0.25, -0.2) is 0 Å². The molecule has 1 N–H and O–H groups in total. The van der Waals surface area contributed by atoms with E-state index in [0.717, 1.165) is 0 Å². The summed E-state index contributed by atoms with van der Waals surface area (Å²) >= 11 is 0. The smallest absolute Gasteiger partial charge is 0.262 e. The molecule has 1 aliphatic heterocycles. The molecule has 8 heteroatoms. The average molecular weight is 375 g/mol. The van der Waals surface area contributed by atoms with Crippen LogP contribution in [0.2, 0.25) is 0 Å². The second-order valence-electron chi connectivity index (χ2n) is 5.56. The number of rotatable bonds is 7. The highest BCUT2D eigenvalue weighted by Crippen LogP contribution is 2.40. The highest BCUT2D eigenvalue weighted by atomic mass is 16.6. The molecule has 0 spiro atoms. The Labute approximate surface area is 156 Å². The van der Waals surface area contributed by atoms with E-state index in [-0.39, 0.29) is 12.5 Å². The van der Waals surface area contributed by atoms with Gasteiger partial charge in [0.05, 0.1) is 21.3 Å². The Morgan fingerprint density at radius 2 is 1.63 bits per heavy atom. The summed E-state index contributed by atoms with van der Waals surface area (Å²) in [7, 11) is 4.53. The molecule has 1 aliphatic rings. The molecule has 0 aliphatic carbocycles. The van der Waals surface area contributed by atoms with E-state index >= 15 is 0 Å². The quantitative estimate of drug-likeness (QED) is 0.796. The monoisotopic (exact) mass is 375 g/mol. The first-order chi connectivity index (χ1) is 13.1. The number of carbonyl (C=O) groups is 1. The Balaban J connectivity index is 1.64. The van der Waals surface area contributed by atoms with Crippen LogP contribution >= 0.6 is 0 Å². The molecule has 144 valence electrons. The van der Waals surface area contributed by atoms with Crippen LogP contribution in [0.15, 0.2) is 30.3 Å². The van der Waals surface area contributed by atoms with Crippen LogP contribution in [0, 0.1) is 0 Å². The first-order valence-electron chi connectivity index (χ1n) is 8.27. The standard InChI is InChI=1S/C19H21NO7/c1-22-16-8-12(9-17(23-2)19(16)24-3)20-18(21)11-27-13-4-5-14-15(10-13)26-7-6-25-14/h4-5,8-10H,6-7,11H2,1-3H3,(H,20,21). The molecule has 0 bridgehead atoms. The van der Waals surface area contributed by atoms with Gasteiger partial charge in [0.15, 0.2) is 29.6 Å². The SMILES string of the molecule is COc1cc(NC(=O)COc2ccc3c(c2)OCCO3)cc(OC)c1OC. The number of hydrogen-bond donors (Lipinski definition) is 1. The van der Waals surface area contributed by atoms with Crippen molar-refractivity contribution in [1.29, 1.82) is 0 Å². The largest absolute Gasteiger partial charge is 0.493 e. The maximum Gasteiger partial charge on any atom is 0.262 e. The van der Waals surface area contributed by atoms with Crippen molar-refractivity contribution in [2.75, 3.05) is 46.5 Å². The van der Waals surface area contributed by atoms with Gasteiger partial charge in [-0.3, -0.25) is 4.79 Å². The molecule has 0 saturated heterocycles. The summed E-state index contributed by atoms with van der Waals surface area (Å²) < 4.78 is 32.3. The van der Waals surface area contributed by atoms with Gasteiger partial charge in [-0.05, 0) is 12.1 Å². The molecule has 0 unspecified atom stereocenters. The third-order valence-electron chi connectivity index (χ3n) is 3.83. The molecule has 27 heavy (non-hydrogen) atoms. The van der Waals surface area contributed by atoms with E-state index in [0.29, 0.717) is 53.4 Å². The Morgan fingerprint density at radius 1 is 0.963 bits per heavy atom. The molecule has 3 rings (SSSR count). The lowest BCUT2D eigenvalue weighted by Crippen LogP contribution is -2.20. The Bertz CT molecular complexity index is 797. The van der Waals surface area contributed by atoms with Crippen LogP contribution < -0.4 is 33.7 Å². The van der Waals surface area contributed by atoms with E-state index in [9.17, 15) is 4.79 Å². The van der Waals surface area contributed by atoms with E-state index in [4.69, 9.17) is 28.4 Å². The van der Waals surface area contributed by atoms with E-state index < -0.39 is 0 Å². The van der Waals surface area contributed by atoms with Gasteiger partial charge in [0.1, 0.15) is 19.0 Å². The third-order valence-corrected chi connectivity index (χ3v) is 3.83. The average Bonchev–Trinajstić information content (AvgIpc) is 2.71. The molecule has 2 aromatic rings. The first kappa shape index (κ1) is 18.5. The highest BCUT2D eigenvalue weighted by Gasteiger charge is 2.16. The minimum Gasteiger partial charge on any atom is -0.493 e. The predicted octanol–water partition coefficient (Wildman–Crippen LogP) is 2.50. The lowest BCUT2D eigenvalue weighted by molar-refractivity contribution is -0.118. The van der Waals surface area contributed by atoms with Gasteiger partial charge in [-0.1, -0.05) is 0 Å². The maximum absolute atomic E-state index is 12.2. The minimum absolute atomic E-state index is 0.170. The fourth-order valence-electron chi connectivity index (χ4n) is 2.61. The van der Waals surface area contributed by atoms with E-state index in [1.165, 1.54) is 21.3 Å². The fraction of sp³-hybridized carbons (Fsp3) is 0.316. The van der Waals surface area contributed by atoms with Crippen molar-refractivity contribution < 1.29 is 33.2 Å². The highest BCUT2D eigenvalue weighted by molar-refractivity contribution is 5.92. The molecule has 1 heterocycles. The van der Waals surface area contributed by atoms with Gasteiger partial charge in [0.2, 0.25) is 5.75 Å². The molecule has 1 amide bonds. The van der Waals surface area contributed by atoms with Gasteiger partial charge in [-0.15, -0.1) is 0 Å². The van der Waals surface area contributed by atoms with Crippen LogP contribution in [-0.4, -0.2) is 47.1 Å². The zero-order chi connectivity index (χ0) is 19.2. The number of methoxy groups -OCH3 is 3. The summed E-state index contributed by atoms with van der Waals surface area (Å²) in [4.78, 5) is 12.2. The van der Waals surface area contributed by atoms with E-state index in [1.54, 1.807) is 30.3 Å². The summed E-state index contributed by atoms with van der Waals surface area (Å²) in [5.74, 6) is 2.78. The van der Waals surface area contributed by atoms with Crippen molar-refractivity contribution in [2.45, 2.75) is 0 Å². The molecule has 0 aromatic heterocycles. The number of carbonyl (C=O) groups excluding carboxylic acids is 1. The lowest BCUT2D eigenvalue weighted by Gasteiger charge is -2.19.